The van der Waals surface area contributed by atoms with Gasteiger partial charge in [-0.1, -0.05) is 0 Å². The molecule has 0 amide bonds. The molecule has 118 valence electrons. The number of hydrogen-bond acceptors (Lipinski definition) is 7. The van der Waals surface area contributed by atoms with Gasteiger partial charge in [0, 0.05) is 35.4 Å². The van der Waals surface area contributed by atoms with E-state index in [0.717, 1.165) is 0 Å². The average Bonchev–Trinajstić information content (AvgIpc) is 2.41. The van der Waals surface area contributed by atoms with Gasteiger partial charge in [-0.25, -0.2) is 0 Å². The van der Waals surface area contributed by atoms with E-state index in [1.54, 1.807) is 28.3 Å². The van der Waals surface area contributed by atoms with Crippen molar-refractivity contribution < 1.29 is 33.2 Å². The van der Waals surface area contributed by atoms with E-state index in [-0.39, 0.29) is 6.61 Å². The maximum absolute atomic E-state index is 11.3. The Hall–Kier alpha value is -0.730. The fourth-order valence-electron chi connectivity index (χ4n) is 2.48. The van der Waals surface area contributed by atoms with Crippen LogP contribution in [0, 0.1) is 0 Å². The van der Waals surface area contributed by atoms with Crippen molar-refractivity contribution in [2.45, 2.75) is 44.1 Å². The van der Waals surface area contributed by atoms with Crippen LogP contribution in [0.2, 0.25) is 0 Å². The molecule has 1 aliphatic heterocycles. The maximum atomic E-state index is 11.3. The Balaban J connectivity index is 3.08. The first kappa shape index (κ1) is 17.3. The summed E-state index contributed by atoms with van der Waals surface area (Å²) in [6.07, 6.45) is -2.21. The lowest BCUT2D eigenvalue weighted by atomic mass is 9.87. The molecular formula is C13H24O7. The molecule has 0 aromatic heterocycles. The molecule has 0 aliphatic carbocycles. The van der Waals surface area contributed by atoms with Gasteiger partial charge >= 0.3 is 5.97 Å². The molecule has 0 bridgehead atoms. The molecule has 1 heterocycles. The standard InChI is InChI=1S/C13H24O7/c1-8(14)19-12-13(2,18-6)11(17-5)10(16-4)9(20-12)7-15-3/h9-12H,7H2,1-6H3. The third-order valence-electron chi connectivity index (χ3n) is 3.57. The minimum absolute atomic E-state index is 0.288. The molecule has 1 rings (SSSR count). The van der Waals surface area contributed by atoms with Crippen molar-refractivity contribution in [2.24, 2.45) is 0 Å². The Morgan fingerprint density at radius 2 is 1.85 bits per heavy atom. The minimum Gasteiger partial charge on any atom is -0.433 e. The van der Waals surface area contributed by atoms with Gasteiger partial charge in [-0.3, -0.25) is 4.79 Å². The second-order valence-electron chi connectivity index (χ2n) is 4.82. The molecule has 1 fully saturated rings. The van der Waals surface area contributed by atoms with Gasteiger partial charge in [0.25, 0.3) is 0 Å². The minimum atomic E-state index is -0.981. The fourth-order valence-corrected chi connectivity index (χ4v) is 2.48. The van der Waals surface area contributed by atoms with Crippen LogP contribution in [0.1, 0.15) is 13.8 Å². The Bertz CT molecular complexity index is 322. The largest absolute Gasteiger partial charge is 0.433 e. The first-order valence-electron chi connectivity index (χ1n) is 6.36. The van der Waals surface area contributed by atoms with Gasteiger partial charge in [-0.2, -0.15) is 0 Å². The Labute approximate surface area is 119 Å². The summed E-state index contributed by atoms with van der Waals surface area (Å²) in [5.74, 6) is -0.458. The molecule has 0 aromatic carbocycles. The van der Waals surface area contributed by atoms with Crippen molar-refractivity contribution in [3.63, 3.8) is 0 Å². The van der Waals surface area contributed by atoms with Crippen molar-refractivity contribution in [1.29, 1.82) is 0 Å². The van der Waals surface area contributed by atoms with E-state index < -0.39 is 36.2 Å². The SMILES string of the molecule is COCC1OC(OC(C)=O)C(C)(OC)C(OC)C1OC. The third-order valence-corrected chi connectivity index (χ3v) is 3.57. The fraction of sp³-hybridized carbons (Fsp3) is 0.923. The molecule has 0 saturated carbocycles. The highest BCUT2D eigenvalue weighted by Crippen LogP contribution is 2.36. The van der Waals surface area contributed by atoms with E-state index in [4.69, 9.17) is 28.4 Å². The van der Waals surface area contributed by atoms with Crippen molar-refractivity contribution in [2.75, 3.05) is 35.0 Å². The Morgan fingerprint density at radius 1 is 1.20 bits per heavy atom. The smallest absolute Gasteiger partial charge is 0.305 e. The molecule has 1 saturated heterocycles. The van der Waals surface area contributed by atoms with E-state index in [9.17, 15) is 4.79 Å². The first-order chi connectivity index (χ1) is 9.44. The van der Waals surface area contributed by atoms with Crippen LogP contribution >= 0.6 is 0 Å². The van der Waals surface area contributed by atoms with Crippen LogP contribution in [-0.4, -0.2) is 71.2 Å². The van der Waals surface area contributed by atoms with Crippen LogP contribution in [0.5, 0.6) is 0 Å². The molecule has 5 unspecified atom stereocenters. The van der Waals surface area contributed by atoms with Crippen LogP contribution in [0.3, 0.4) is 0 Å². The second kappa shape index (κ2) is 7.33. The number of esters is 1. The summed E-state index contributed by atoms with van der Waals surface area (Å²) in [6.45, 7) is 3.36. The zero-order chi connectivity index (χ0) is 15.3. The Morgan fingerprint density at radius 3 is 2.25 bits per heavy atom. The number of methoxy groups -OCH3 is 4. The molecular weight excluding hydrogens is 268 g/mol. The van der Waals surface area contributed by atoms with E-state index in [1.807, 2.05) is 0 Å². The van der Waals surface area contributed by atoms with E-state index in [2.05, 4.69) is 0 Å². The van der Waals surface area contributed by atoms with Crippen LogP contribution < -0.4 is 0 Å². The van der Waals surface area contributed by atoms with Gasteiger partial charge in [0.05, 0.1) is 6.61 Å². The molecule has 7 heteroatoms. The quantitative estimate of drug-likeness (QED) is 0.654. The number of hydrogen-bond donors (Lipinski definition) is 0. The predicted molar refractivity (Wildman–Crippen MR) is 69.3 cm³/mol. The van der Waals surface area contributed by atoms with Crippen LogP contribution in [-0.2, 0) is 33.2 Å². The Kier molecular flexibility index (Phi) is 6.35. The predicted octanol–water partition coefficient (Wildman–Crippen LogP) is 0.356. The summed E-state index contributed by atoms with van der Waals surface area (Å²) in [4.78, 5) is 11.3. The molecule has 0 radical (unpaired) electrons. The van der Waals surface area contributed by atoms with Gasteiger partial charge in [0.2, 0.25) is 6.29 Å². The van der Waals surface area contributed by atoms with Crippen LogP contribution in [0.15, 0.2) is 0 Å². The van der Waals surface area contributed by atoms with Crippen molar-refractivity contribution in [3.8, 4) is 0 Å². The number of rotatable bonds is 6. The van der Waals surface area contributed by atoms with Gasteiger partial charge in [0.1, 0.15) is 18.3 Å². The molecule has 1 aliphatic rings. The summed E-state index contributed by atoms with van der Waals surface area (Å²) in [6, 6.07) is 0. The highest BCUT2D eigenvalue weighted by molar-refractivity contribution is 5.66. The van der Waals surface area contributed by atoms with Gasteiger partial charge in [0.15, 0.2) is 5.60 Å². The van der Waals surface area contributed by atoms with Gasteiger partial charge in [-0.05, 0) is 6.92 Å². The lowest BCUT2D eigenvalue weighted by Crippen LogP contribution is -2.67. The molecule has 20 heavy (non-hydrogen) atoms. The second-order valence-corrected chi connectivity index (χ2v) is 4.82. The number of ether oxygens (including phenoxy) is 6. The zero-order valence-corrected chi connectivity index (χ0v) is 12.9. The molecule has 7 nitrogen and oxygen atoms in total. The summed E-state index contributed by atoms with van der Waals surface area (Å²) in [5, 5.41) is 0. The van der Waals surface area contributed by atoms with Crippen molar-refractivity contribution in [1.82, 2.24) is 0 Å². The zero-order valence-electron chi connectivity index (χ0n) is 12.9. The highest BCUT2D eigenvalue weighted by Gasteiger charge is 2.56. The summed E-state index contributed by atoms with van der Waals surface area (Å²) in [5.41, 5.74) is -0.981. The normalized spacial score (nSPS) is 37.7. The number of carbonyl (C=O) groups excluding carboxylic acids is 1. The molecule has 0 spiro atoms. The summed E-state index contributed by atoms with van der Waals surface area (Å²) >= 11 is 0. The van der Waals surface area contributed by atoms with Crippen molar-refractivity contribution in [3.05, 3.63) is 0 Å². The van der Waals surface area contributed by atoms with Crippen LogP contribution in [0.25, 0.3) is 0 Å². The average molecular weight is 292 g/mol. The molecule has 0 aromatic rings. The maximum Gasteiger partial charge on any atom is 0.305 e. The van der Waals surface area contributed by atoms with E-state index in [0.29, 0.717) is 0 Å². The number of carbonyl (C=O) groups is 1. The summed E-state index contributed by atoms with van der Waals surface area (Å²) < 4.78 is 32.6. The molecule has 0 N–H and O–H groups in total. The van der Waals surface area contributed by atoms with Gasteiger partial charge in [-0.15, -0.1) is 0 Å². The summed E-state index contributed by atoms with van der Waals surface area (Å²) in [7, 11) is 6.18. The van der Waals surface area contributed by atoms with E-state index in [1.165, 1.54) is 14.0 Å². The van der Waals surface area contributed by atoms with Crippen molar-refractivity contribution >= 4 is 5.97 Å². The van der Waals surface area contributed by atoms with E-state index >= 15 is 0 Å². The topological polar surface area (TPSA) is 72.5 Å². The molecule has 5 atom stereocenters. The monoisotopic (exact) mass is 292 g/mol. The van der Waals surface area contributed by atoms with Crippen LogP contribution in [0.4, 0.5) is 0 Å². The highest BCUT2D eigenvalue weighted by atomic mass is 16.7. The third kappa shape index (κ3) is 3.29. The van der Waals surface area contributed by atoms with Gasteiger partial charge < -0.3 is 28.4 Å². The lowest BCUT2D eigenvalue weighted by molar-refractivity contribution is -0.339. The lowest BCUT2D eigenvalue weighted by Gasteiger charge is -2.49. The first-order valence-corrected chi connectivity index (χ1v) is 6.36.